The summed E-state index contributed by atoms with van der Waals surface area (Å²) in [6, 6.07) is 5.99. The molecule has 8 heteroatoms. The molecule has 0 saturated heterocycles. The smallest absolute Gasteiger partial charge is 0.331 e. The molecule has 24 heavy (non-hydrogen) atoms. The van der Waals surface area contributed by atoms with Gasteiger partial charge in [0.25, 0.3) is 0 Å². The Hall–Kier alpha value is -1.93. The second kappa shape index (κ2) is 7.76. The van der Waals surface area contributed by atoms with E-state index < -0.39 is 32.5 Å². The van der Waals surface area contributed by atoms with Crippen molar-refractivity contribution in [1.29, 1.82) is 0 Å². The van der Waals surface area contributed by atoms with Crippen LogP contribution >= 0.6 is 0 Å². The minimum absolute atomic E-state index is 0.0609. The van der Waals surface area contributed by atoms with Gasteiger partial charge in [-0.25, -0.2) is 13.2 Å². The standard InChI is InChI=1S/C16H23NO6S/c1-11(2)24(21,22)13-7-5-12(6-8-13)9-14(18)17-16(3,10-23-4)15(19)20/h5-8,11H,9-10H2,1-4H3,(H,17,18)(H,19,20). The number of hydrogen-bond acceptors (Lipinski definition) is 5. The molecule has 1 unspecified atom stereocenters. The summed E-state index contributed by atoms with van der Waals surface area (Å²) >= 11 is 0. The molecule has 0 aliphatic carbocycles. The average Bonchev–Trinajstić information content (AvgIpc) is 2.47. The van der Waals surface area contributed by atoms with Gasteiger partial charge in [0.15, 0.2) is 15.4 Å². The molecule has 0 spiro atoms. The first-order valence-corrected chi connectivity index (χ1v) is 8.93. The van der Waals surface area contributed by atoms with Crippen LogP contribution in [0.5, 0.6) is 0 Å². The van der Waals surface area contributed by atoms with E-state index in [1.807, 2.05) is 0 Å². The molecule has 1 rings (SSSR count). The van der Waals surface area contributed by atoms with Crippen LogP contribution in [0, 0.1) is 0 Å². The molecule has 1 aromatic carbocycles. The van der Waals surface area contributed by atoms with Gasteiger partial charge in [0.2, 0.25) is 5.91 Å². The molecule has 0 heterocycles. The lowest BCUT2D eigenvalue weighted by molar-refractivity contribution is -0.149. The van der Waals surface area contributed by atoms with E-state index >= 15 is 0 Å². The molecule has 0 saturated carbocycles. The van der Waals surface area contributed by atoms with Crippen LogP contribution in [0.4, 0.5) is 0 Å². The Bertz CT molecular complexity index is 696. The number of amides is 1. The average molecular weight is 357 g/mol. The zero-order valence-electron chi connectivity index (χ0n) is 14.2. The van der Waals surface area contributed by atoms with E-state index in [4.69, 9.17) is 4.74 Å². The summed E-state index contributed by atoms with van der Waals surface area (Å²) in [6.45, 7) is 4.38. The van der Waals surface area contributed by atoms with Crippen LogP contribution < -0.4 is 5.32 Å². The third kappa shape index (κ3) is 4.78. The molecule has 0 bridgehead atoms. The monoisotopic (exact) mass is 357 g/mol. The lowest BCUT2D eigenvalue weighted by Crippen LogP contribution is -2.55. The maximum absolute atomic E-state index is 12.0. The van der Waals surface area contributed by atoms with Crippen molar-refractivity contribution in [3.63, 3.8) is 0 Å². The minimum atomic E-state index is -3.36. The number of carbonyl (C=O) groups excluding carboxylic acids is 1. The molecule has 0 radical (unpaired) electrons. The Morgan fingerprint density at radius 2 is 1.79 bits per heavy atom. The first-order chi connectivity index (χ1) is 11.0. The van der Waals surface area contributed by atoms with E-state index in [0.29, 0.717) is 5.56 Å². The van der Waals surface area contributed by atoms with Crippen molar-refractivity contribution in [1.82, 2.24) is 5.32 Å². The van der Waals surface area contributed by atoms with Gasteiger partial charge in [-0.2, -0.15) is 0 Å². The van der Waals surface area contributed by atoms with Crippen LogP contribution in [0.3, 0.4) is 0 Å². The Labute approximate surface area is 141 Å². The van der Waals surface area contributed by atoms with E-state index in [-0.39, 0.29) is 17.9 Å². The Morgan fingerprint density at radius 3 is 2.21 bits per heavy atom. The van der Waals surface area contributed by atoms with Crippen LogP contribution in [0.1, 0.15) is 26.3 Å². The van der Waals surface area contributed by atoms with Gasteiger partial charge in [-0.3, -0.25) is 4.79 Å². The van der Waals surface area contributed by atoms with Gasteiger partial charge in [-0.15, -0.1) is 0 Å². The lowest BCUT2D eigenvalue weighted by Gasteiger charge is -2.25. The number of ether oxygens (including phenoxy) is 1. The predicted molar refractivity (Wildman–Crippen MR) is 88.5 cm³/mol. The van der Waals surface area contributed by atoms with Crippen molar-refractivity contribution < 1.29 is 27.9 Å². The largest absolute Gasteiger partial charge is 0.479 e. The second-order valence-electron chi connectivity index (χ2n) is 6.03. The van der Waals surface area contributed by atoms with Gasteiger partial charge >= 0.3 is 5.97 Å². The molecule has 7 nitrogen and oxygen atoms in total. The highest BCUT2D eigenvalue weighted by atomic mass is 32.2. The number of methoxy groups -OCH3 is 1. The Kier molecular flexibility index (Phi) is 6.50. The van der Waals surface area contributed by atoms with E-state index in [9.17, 15) is 23.1 Å². The molecular weight excluding hydrogens is 334 g/mol. The van der Waals surface area contributed by atoms with E-state index in [2.05, 4.69) is 5.32 Å². The number of nitrogens with one attached hydrogen (secondary N) is 1. The number of benzene rings is 1. The van der Waals surface area contributed by atoms with Gasteiger partial charge in [-0.1, -0.05) is 12.1 Å². The van der Waals surface area contributed by atoms with Crippen LogP contribution in [0.25, 0.3) is 0 Å². The first-order valence-electron chi connectivity index (χ1n) is 7.39. The van der Waals surface area contributed by atoms with Gasteiger partial charge in [0.1, 0.15) is 0 Å². The van der Waals surface area contributed by atoms with Gasteiger partial charge in [0.05, 0.1) is 23.2 Å². The fraction of sp³-hybridized carbons (Fsp3) is 0.500. The predicted octanol–water partition coefficient (Wildman–Crippen LogP) is 1.02. The van der Waals surface area contributed by atoms with Crippen molar-refractivity contribution in [2.24, 2.45) is 0 Å². The molecule has 0 fully saturated rings. The van der Waals surface area contributed by atoms with Crippen LogP contribution in [0.15, 0.2) is 29.2 Å². The Morgan fingerprint density at radius 1 is 1.25 bits per heavy atom. The molecule has 0 aliphatic heterocycles. The number of carboxylic acid groups (broad SMARTS) is 1. The number of rotatable bonds is 8. The molecular formula is C16H23NO6S. The quantitative estimate of drug-likeness (QED) is 0.719. The molecule has 1 amide bonds. The highest BCUT2D eigenvalue weighted by Gasteiger charge is 2.34. The van der Waals surface area contributed by atoms with Crippen molar-refractivity contribution in [3.05, 3.63) is 29.8 Å². The topological polar surface area (TPSA) is 110 Å². The third-order valence-electron chi connectivity index (χ3n) is 3.56. The molecule has 1 atom stereocenters. The maximum atomic E-state index is 12.0. The van der Waals surface area contributed by atoms with Crippen molar-refractivity contribution >= 4 is 21.7 Å². The van der Waals surface area contributed by atoms with Crippen LogP contribution in [-0.2, 0) is 30.6 Å². The van der Waals surface area contributed by atoms with E-state index in [0.717, 1.165) is 0 Å². The zero-order chi connectivity index (χ0) is 18.5. The number of aliphatic carboxylic acids is 1. The lowest BCUT2D eigenvalue weighted by atomic mass is 10.0. The highest BCUT2D eigenvalue weighted by molar-refractivity contribution is 7.92. The van der Waals surface area contributed by atoms with Gasteiger partial charge in [0, 0.05) is 7.11 Å². The zero-order valence-corrected chi connectivity index (χ0v) is 15.0. The van der Waals surface area contributed by atoms with Crippen molar-refractivity contribution in [3.8, 4) is 0 Å². The summed E-state index contributed by atoms with van der Waals surface area (Å²) in [5.41, 5.74) is -0.937. The molecule has 134 valence electrons. The fourth-order valence-corrected chi connectivity index (χ4v) is 3.11. The number of carboxylic acids is 1. The van der Waals surface area contributed by atoms with Crippen molar-refractivity contribution in [2.75, 3.05) is 13.7 Å². The summed E-state index contributed by atoms with van der Waals surface area (Å²) < 4.78 is 28.9. The third-order valence-corrected chi connectivity index (χ3v) is 5.73. The normalized spacial score (nSPS) is 14.2. The number of carbonyl (C=O) groups is 2. The maximum Gasteiger partial charge on any atom is 0.331 e. The number of sulfone groups is 1. The summed E-state index contributed by atoms with van der Waals surface area (Å²) in [5.74, 6) is -1.69. The fourth-order valence-electron chi connectivity index (χ4n) is 2.05. The Balaban J connectivity index is 2.84. The SMILES string of the molecule is COCC(C)(NC(=O)Cc1ccc(S(=O)(=O)C(C)C)cc1)C(=O)O. The van der Waals surface area contributed by atoms with E-state index in [1.165, 1.54) is 26.2 Å². The highest BCUT2D eigenvalue weighted by Crippen LogP contribution is 2.17. The van der Waals surface area contributed by atoms with Crippen molar-refractivity contribution in [2.45, 2.75) is 42.9 Å². The summed E-state index contributed by atoms with van der Waals surface area (Å²) in [5, 5.41) is 11.1. The summed E-state index contributed by atoms with van der Waals surface area (Å²) in [4.78, 5) is 23.5. The van der Waals surface area contributed by atoms with E-state index in [1.54, 1.807) is 26.0 Å². The molecule has 2 N–H and O–H groups in total. The second-order valence-corrected chi connectivity index (χ2v) is 8.54. The van der Waals surface area contributed by atoms with Gasteiger partial charge in [-0.05, 0) is 38.5 Å². The number of hydrogen-bond donors (Lipinski definition) is 2. The van der Waals surface area contributed by atoms with Crippen LogP contribution in [0.2, 0.25) is 0 Å². The summed E-state index contributed by atoms with van der Waals surface area (Å²) in [6.07, 6.45) is -0.0609. The minimum Gasteiger partial charge on any atom is -0.479 e. The molecule has 0 aromatic heterocycles. The summed E-state index contributed by atoms with van der Waals surface area (Å²) in [7, 11) is -2.02. The van der Waals surface area contributed by atoms with Gasteiger partial charge < -0.3 is 15.2 Å². The first kappa shape index (κ1) is 20.1. The molecule has 0 aliphatic rings. The van der Waals surface area contributed by atoms with Crippen LogP contribution in [-0.4, -0.2) is 49.9 Å². The molecule has 1 aromatic rings.